The highest BCUT2D eigenvalue weighted by atomic mass is 19.1. The first-order valence-electron chi connectivity index (χ1n) is 3.19. The number of hydrogen-bond donors (Lipinski definition) is 1. The maximum Gasteiger partial charge on any atom is 0.123 e. The van der Waals surface area contributed by atoms with Crippen LogP contribution in [-0.4, -0.2) is 0 Å². The van der Waals surface area contributed by atoms with Crippen molar-refractivity contribution in [3.8, 4) is 0 Å². The predicted molar refractivity (Wildman–Crippen MR) is 39.0 cm³/mol. The number of hydrogen-bond acceptors (Lipinski definition) is 1. The molecule has 0 atom stereocenters. The van der Waals surface area contributed by atoms with E-state index in [2.05, 4.69) is 0 Å². The summed E-state index contributed by atoms with van der Waals surface area (Å²) in [5, 5.41) is 0. The summed E-state index contributed by atoms with van der Waals surface area (Å²) in [4.78, 5) is 0. The smallest absolute Gasteiger partial charge is 0.123 e. The molecule has 0 unspecified atom stereocenters. The van der Waals surface area contributed by atoms with E-state index in [4.69, 9.17) is 5.73 Å². The van der Waals surface area contributed by atoms with Crippen LogP contribution in [0.2, 0.25) is 0 Å². The van der Waals surface area contributed by atoms with Crippen LogP contribution >= 0.6 is 0 Å². The lowest BCUT2D eigenvalue weighted by Gasteiger charge is -2.00. The summed E-state index contributed by atoms with van der Waals surface area (Å²) >= 11 is 0. The van der Waals surface area contributed by atoms with Gasteiger partial charge in [0, 0.05) is 6.54 Å². The van der Waals surface area contributed by atoms with Crippen LogP contribution in [0.15, 0.2) is 18.2 Å². The lowest BCUT2D eigenvalue weighted by Crippen LogP contribution is -1.98. The highest BCUT2D eigenvalue weighted by molar-refractivity contribution is 5.25. The third-order valence-electron chi connectivity index (χ3n) is 1.52. The Morgan fingerprint density at radius 3 is 2.70 bits per heavy atom. The van der Waals surface area contributed by atoms with E-state index in [9.17, 15) is 4.39 Å². The topological polar surface area (TPSA) is 26.0 Å². The van der Waals surface area contributed by atoms with Gasteiger partial charge in [0.2, 0.25) is 0 Å². The molecule has 1 aromatic rings. The summed E-state index contributed by atoms with van der Waals surface area (Å²) in [6.45, 7) is 2.33. The van der Waals surface area contributed by atoms with Crippen molar-refractivity contribution in [2.45, 2.75) is 13.5 Å². The molecule has 1 nitrogen and oxygen atoms in total. The highest BCUT2D eigenvalue weighted by Gasteiger charge is 1.95. The van der Waals surface area contributed by atoms with Gasteiger partial charge in [-0.3, -0.25) is 0 Å². The molecule has 0 fully saturated rings. The summed E-state index contributed by atoms with van der Waals surface area (Å²) in [6, 6.07) is 4.63. The van der Waals surface area contributed by atoms with E-state index in [1.54, 1.807) is 6.07 Å². The van der Waals surface area contributed by atoms with Gasteiger partial charge in [0.05, 0.1) is 0 Å². The summed E-state index contributed by atoms with van der Waals surface area (Å²) in [5.41, 5.74) is 7.30. The van der Waals surface area contributed by atoms with E-state index in [0.717, 1.165) is 11.1 Å². The van der Waals surface area contributed by atoms with Crippen LogP contribution in [0.1, 0.15) is 11.1 Å². The summed E-state index contributed by atoms with van der Waals surface area (Å²) in [5.74, 6) is -0.199. The molecule has 0 radical (unpaired) electrons. The van der Waals surface area contributed by atoms with Crippen molar-refractivity contribution >= 4 is 0 Å². The van der Waals surface area contributed by atoms with Gasteiger partial charge in [-0.1, -0.05) is 6.07 Å². The van der Waals surface area contributed by atoms with Crippen LogP contribution in [0.4, 0.5) is 4.39 Å². The van der Waals surface area contributed by atoms with E-state index in [1.807, 2.05) is 6.92 Å². The van der Waals surface area contributed by atoms with Crippen LogP contribution in [0.3, 0.4) is 0 Å². The molecule has 1 rings (SSSR count). The summed E-state index contributed by atoms with van der Waals surface area (Å²) in [6.07, 6.45) is 0. The van der Waals surface area contributed by atoms with Crippen LogP contribution < -0.4 is 5.73 Å². The van der Waals surface area contributed by atoms with Crippen molar-refractivity contribution < 1.29 is 4.39 Å². The van der Waals surface area contributed by atoms with E-state index < -0.39 is 0 Å². The minimum absolute atomic E-state index is 0.199. The molecule has 0 spiro atoms. The largest absolute Gasteiger partial charge is 0.326 e. The molecule has 0 amide bonds. The van der Waals surface area contributed by atoms with Crippen molar-refractivity contribution in [3.05, 3.63) is 35.1 Å². The van der Waals surface area contributed by atoms with Gasteiger partial charge in [0.1, 0.15) is 5.82 Å². The van der Waals surface area contributed by atoms with Gasteiger partial charge in [0.25, 0.3) is 0 Å². The molecule has 0 aliphatic rings. The van der Waals surface area contributed by atoms with Crippen molar-refractivity contribution in [2.24, 2.45) is 5.73 Å². The van der Waals surface area contributed by atoms with Crippen molar-refractivity contribution in [3.63, 3.8) is 0 Å². The SMILES string of the molecule is Cc1cc(F)ccc1CN. The molecule has 54 valence electrons. The highest BCUT2D eigenvalue weighted by Crippen LogP contribution is 2.08. The number of aryl methyl sites for hydroxylation is 1. The standard InChI is InChI=1S/C8H10FN/c1-6-4-8(9)3-2-7(6)5-10/h2-4H,5,10H2,1H3. The zero-order valence-corrected chi connectivity index (χ0v) is 5.89. The number of rotatable bonds is 1. The van der Waals surface area contributed by atoms with E-state index >= 15 is 0 Å². The fourth-order valence-electron chi connectivity index (χ4n) is 0.888. The summed E-state index contributed by atoms with van der Waals surface area (Å²) < 4.78 is 12.4. The van der Waals surface area contributed by atoms with E-state index in [0.29, 0.717) is 6.54 Å². The fraction of sp³-hybridized carbons (Fsp3) is 0.250. The summed E-state index contributed by atoms with van der Waals surface area (Å²) in [7, 11) is 0. The molecule has 0 heterocycles. The maximum atomic E-state index is 12.4. The molecule has 10 heavy (non-hydrogen) atoms. The van der Waals surface area contributed by atoms with Gasteiger partial charge in [-0.15, -0.1) is 0 Å². The first-order chi connectivity index (χ1) is 4.74. The molecule has 0 bridgehead atoms. The third kappa shape index (κ3) is 1.33. The van der Waals surface area contributed by atoms with Gasteiger partial charge in [-0.05, 0) is 30.2 Å². The molecule has 0 saturated heterocycles. The first kappa shape index (κ1) is 7.22. The van der Waals surface area contributed by atoms with Gasteiger partial charge < -0.3 is 5.73 Å². The molecule has 0 aliphatic carbocycles. The lowest BCUT2D eigenvalue weighted by molar-refractivity contribution is 0.625. The Morgan fingerprint density at radius 1 is 1.50 bits per heavy atom. The molecule has 0 aliphatic heterocycles. The van der Waals surface area contributed by atoms with E-state index in [-0.39, 0.29) is 5.82 Å². The quantitative estimate of drug-likeness (QED) is 0.628. The first-order valence-corrected chi connectivity index (χ1v) is 3.19. The zero-order valence-electron chi connectivity index (χ0n) is 5.89. The monoisotopic (exact) mass is 139 g/mol. The van der Waals surface area contributed by atoms with Gasteiger partial charge in [-0.25, -0.2) is 4.39 Å². The van der Waals surface area contributed by atoms with Crippen molar-refractivity contribution in [2.75, 3.05) is 0 Å². The van der Waals surface area contributed by atoms with Crippen molar-refractivity contribution in [1.29, 1.82) is 0 Å². The second-order valence-electron chi connectivity index (χ2n) is 2.27. The van der Waals surface area contributed by atoms with Gasteiger partial charge >= 0.3 is 0 Å². The van der Waals surface area contributed by atoms with Crippen LogP contribution in [0, 0.1) is 12.7 Å². The number of nitrogens with two attached hydrogens (primary N) is 1. The van der Waals surface area contributed by atoms with Gasteiger partial charge in [-0.2, -0.15) is 0 Å². The third-order valence-corrected chi connectivity index (χ3v) is 1.52. The Morgan fingerprint density at radius 2 is 2.20 bits per heavy atom. The Hall–Kier alpha value is -0.890. The second-order valence-corrected chi connectivity index (χ2v) is 2.27. The predicted octanol–water partition coefficient (Wildman–Crippen LogP) is 1.59. The maximum absolute atomic E-state index is 12.4. The van der Waals surface area contributed by atoms with E-state index in [1.165, 1.54) is 12.1 Å². The molecule has 0 aromatic heterocycles. The van der Waals surface area contributed by atoms with Gasteiger partial charge in [0.15, 0.2) is 0 Å². The Kier molecular flexibility index (Phi) is 2.02. The molecule has 2 heteroatoms. The molecular formula is C8H10FN. The van der Waals surface area contributed by atoms with Crippen LogP contribution in [0.5, 0.6) is 0 Å². The normalized spacial score (nSPS) is 9.90. The Bertz CT molecular complexity index is 233. The number of halogens is 1. The lowest BCUT2D eigenvalue weighted by atomic mass is 10.1. The molecular weight excluding hydrogens is 129 g/mol. The van der Waals surface area contributed by atoms with Crippen LogP contribution in [0.25, 0.3) is 0 Å². The Balaban J connectivity index is 3.07. The fourth-order valence-corrected chi connectivity index (χ4v) is 0.888. The number of benzene rings is 1. The van der Waals surface area contributed by atoms with Crippen LogP contribution in [-0.2, 0) is 6.54 Å². The minimum Gasteiger partial charge on any atom is -0.326 e. The average molecular weight is 139 g/mol. The molecule has 0 saturated carbocycles. The molecule has 2 N–H and O–H groups in total. The zero-order chi connectivity index (χ0) is 7.56. The Labute approximate surface area is 59.7 Å². The average Bonchev–Trinajstić information content (AvgIpc) is 1.88. The second kappa shape index (κ2) is 2.80. The van der Waals surface area contributed by atoms with Crippen molar-refractivity contribution in [1.82, 2.24) is 0 Å². The molecule has 1 aromatic carbocycles. The minimum atomic E-state index is -0.199.